The van der Waals surface area contributed by atoms with Crippen LogP contribution in [-0.2, 0) is 17.9 Å². The second-order valence-corrected chi connectivity index (χ2v) is 4.48. The highest BCUT2D eigenvalue weighted by atomic mass is 16.2. The van der Waals surface area contributed by atoms with Gasteiger partial charge in [-0.3, -0.25) is 9.69 Å². The molecule has 18 heavy (non-hydrogen) atoms. The number of rotatable bonds is 4. The molecule has 1 unspecified atom stereocenters. The molecule has 2 N–H and O–H groups in total. The summed E-state index contributed by atoms with van der Waals surface area (Å²) in [5.74, 6) is 0.0739. The molecule has 0 radical (unpaired) electrons. The van der Waals surface area contributed by atoms with E-state index in [1.165, 1.54) is 0 Å². The van der Waals surface area contributed by atoms with E-state index in [4.69, 9.17) is 0 Å². The van der Waals surface area contributed by atoms with Gasteiger partial charge in [0, 0.05) is 46.0 Å². The van der Waals surface area contributed by atoms with Crippen LogP contribution in [0.3, 0.4) is 0 Å². The molecule has 0 saturated carbocycles. The van der Waals surface area contributed by atoms with Gasteiger partial charge >= 0.3 is 0 Å². The highest BCUT2D eigenvalue weighted by Crippen LogP contribution is 2.10. The molecule has 2 rings (SSSR count). The van der Waals surface area contributed by atoms with Crippen molar-refractivity contribution in [3.63, 3.8) is 0 Å². The number of aryl methyl sites for hydroxylation is 1. The van der Waals surface area contributed by atoms with Gasteiger partial charge < -0.3 is 15.2 Å². The van der Waals surface area contributed by atoms with E-state index in [0.717, 1.165) is 31.9 Å². The van der Waals surface area contributed by atoms with E-state index >= 15 is 0 Å². The van der Waals surface area contributed by atoms with E-state index in [-0.39, 0.29) is 11.9 Å². The predicted octanol–water partition coefficient (Wildman–Crippen LogP) is -0.577. The number of nitrogens with one attached hydrogen (secondary N) is 2. The lowest BCUT2D eigenvalue weighted by molar-refractivity contribution is -0.126. The van der Waals surface area contributed by atoms with Crippen LogP contribution in [0.15, 0.2) is 12.5 Å². The lowest BCUT2D eigenvalue weighted by Gasteiger charge is -2.34. The zero-order valence-electron chi connectivity index (χ0n) is 11.0. The van der Waals surface area contributed by atoms with Gasteiger partial charge in [-0.1, -0.05) is 0 Å². The molecule has 1 saturated heterocycles. The fraction of sp³-hybridized carbons (Fsp3) is 0.667. The van der Waals surface area contributed by atoms with Crippen molar-refractivity contribution in [2.45, 2.75) is 26.1 Å². The number of hydrogen-bond donors (Lipinski definition) is 2. The van der Waals surface area contributed by atoms with Crippen LogP contribution in [0.5, 0.6) is 0 Å². The fourth-order valence-electron chi connectivity index (χ4n) is 2.33. The Morgan fingerprint density at radius 3 is 3.22 bits per heavy atom. The summed E-state index contributed by atoms with van der Waals surface area (Å²) in [4.78, 5) is 18.2. The van der Waals surface area contributed by atoms with E-state index in [9.17, 15) is 4.79 Å². The lowest BCUT2D eigenvalue weighted by atomic mass is 10.1. The summed E-state index contributed by atoms with van der Waals surface area (Å²) >= 11 is 0. The number of amides is 1. The molecule has 1 fully saturated rings. The van der Waals surface area contributed by atoms with Crippen molar-refractivity contribution in [3.05, 3.63) is 18.2 Å². The Bertz CT molecular complexity index is 403. The first-order valence-electron chi connectivity index (χ1n) is 6.41. The molecule has 2 heterocycles. The maximum absolute atomic E-state index is 11.8. The average Bonchev–Trinajstić information content (AvgIpc) is 2.86. The average molecular weight is 251 g/mol. The minimum absolute atomic E-state index is 0.0739. The standard InChI is InChI=1S/C12H21N5O/c1-3-16-9-15-6-10(16)8-17-5-4-14-7-11(17)12(18)13-2/h6,9,11,14H,3-5,7-8H2,1-2H3,(H,13,18). The SMILES string of the molecule is CCn1cncc1CN1CCNCC1C(=O)NC. The topological polar surface area (TPSA) is 62.2 Å². The lowest BCUT2D eigenvalue weighted by Crippen LogP contribution is -2.57. The molecule has 1 aromatic rings. The smallest absolute Gasteiger partial charge is 0.238 e. The maximum Gasteiger partial charge on any atom is 0.238 e. The van der Waals surface area contributed by atoms with Crippen molar-refractivity contribution >= 4 is 5.91 Å². The van der Waals surface area contributed by atoms with Crippen molar-refractivity contribution in [2.24, 2.45) is 0 Å². The second kappa shape index (κ2) is 5.97. The summed E-state index contributed by atoms with van der Waals surface area (Å²) in [6.07, 6.45) is 3.72. The van der Waals surface area contributed by atoms with E-state index < -0.39 is 0 Å². The molecule has 1 aliphatic heterocycles. The molecule has 6 nitrogen and oxygen atoms in total. The van der Waals surface area contributed by atoms with Crippen LogP contribution in [0.2, 0.25) is 0 Å². The molecule has 0 bridgehead atoms. The number of imidazole rings is 1. The first kappa shape index (κ1) is 13.0. The third-order valence-electron chi connectivity index (χ3n) is 3.41. The van der Waals surface area contributed by atoms with Gasteiger partial charge in [0.2, 0.25) is 5.91 Å². The molecule has 6 heteroatoms. The number of piperazine rings is 1. The predicted molar refractivity (Wildman–Crippen MR) is 69.0 cm³/mol. The van der Waals surface area contributed by atoms with Gasteiger partial charge in [0.15, 0.2) is 0 Å². The number of likely N-dealkylation sites (N-methyl/N-ethyl adjacent to an activating group) is 1. The van der Waals surface area contributed by atoms with Gasteiger partial charge in [-0.2, -0.15) is 0 Å². The van der Waals surface area contributed by atoms with Crippen molar-refractivity contribution in [1.82, 2.24) is 25.1 Å². The van der Waals surface area contributed by atoms with Crippen molar-refractivity contribution in [1.29, 1.82) is 0 Å². The molecule has 0 aromatic carbocycles. The highest BCUT2D eigenvalue weighted by Gasteiger charge is 2.28. The van der Waals surface area contributed by atoms with Crippen LogP contribution in [0.1, 0.15) is 12.6 Å². The number of carbonyl (C=O) groups excluding carboxylic acids is 1. The molecule has 100 valence electrons. The van der Waals surface area contributed by atoms with Crippen LogP contribution >= 0.6 is 0 Å². The third kappa shape index (κ3) is 2.70. The number of carbonyl (C=O) groups is 1. The number of nitrogens with zero attached hydrogens (tertiary/aromatic N) is 3. The molecule has 1 amide bonds. The Morgan fingerprint density at radius 1 is 1.67 bits per heavy atom. The first-order chi connectivity index (χ1) is 8.76. The van der Waals surface area contributed by atoms with Crippen LogP contribution in [0.25, 0.3) is 0 Å². The van der Waals surface area contributed by atoms with Gasteiger partial charge in [-0.15, -0.1) is 0 Å². The van der Waals surface area contributed by atoms with Gasteiger partial charge in [-0.05, 0) is 6.92 Å². The van der Waals surface area contributed by atoms with Gasteiger partial charge in [0.05, 0.1) is 12.0 Å². The van der Waals surface area contributed by atoms with Crippen molar-refractivity contribution in [3.8, 4) is 0 Å². The largest absolute Gasteiger partial charge is 0.358 e. The number of hydrogen-bond acceptors (Lipinski definition) is 4. The first-order valence-corrected chi connectivity index (χ1v) is 6.41. The summed E-state index contributed by atoms with van der Waals surface area (Å²) in [5, 5.41) is 5.99. The van der Waals surface area contributed by atoms with Gasteiger partial charge in [0.1, 0.15) is 6.04 Å². The zero-order valence-corrected chi connectivity index (χ0v) is 11.0. The van der Waals surface area contributed by atoms with E-state index in [1.54, 1.807) is 7.05 Å². The Morgan fingerprint density at radius 2 is 2.50 bits per heavy atom. The van der Waals surface area contributed by atoms with E-state index in [0.29, 0.717) is 6.54 Å². The monoisotopic (exact) mass is 251 g/mol. The minimum atomic E-state index is -0.0936. The summed E-state index contributed by atoms with van der Waals surface area (Å²) in [7, 11) is 1.69. The van der Waals surface area contributed by atoms with Crippen molar-refractivity contribution < 1.29 is 4.79 Å². The van der Waals surface area contributed by atoms with E-state index in [1.807, 2.05) is 12.5 Å². The number of aromatic nitrogens is 2. The quantitative estimate of drug-likeness (QED) is 0.752. The molecule has 1 aliphatic rings. The summed E-state index contributed by atoms with van der Waals surface area (Å²) in [5.41, 5.74) is 1.16. The molecule has 0 spiro atoms. The molecular formula is C12H21N5O. The summed E-state index contributed by atoms with van der Waals surface area (Å²) < 4.78 is 2.11. The summed E-state index contributed by atoms with van der Waals surface area (Å²) in [6.45, 7) is 6.29. The molecule has 0 aliphatic carbocycles. The second-order valence-electron chi connectivity index (χ2n) is 4.48. The molecule has 1 atom stereocenters. The Balaban J connectivity index is 2.08. The third-order valence-corrected chi connectivity index (χ3v) is 3.41. The molecule has 1 aromatic heterocycles. The Hall–Kier alpha value is -1.40. The Kier molecular flexibility index (Phi) is 4.33. The van der Waals surface area contributed by atoms with Crippen LogP contribution in [-0.4, -0.2) is 53.1 Å². The zero-order chi connectivity index (χ0) is 13.0. The fourth-order valence-corrected chi connectivity index (χ4v) is 2.33. The molecular weight excluding hydrogens is 230 g/mol. The van der Waals surface area contributed by atoms with Crippen LogP contribution < -0.4 is 10.6 Å². The minimum Gasteiger partial charge on any atom is -0.358 e. The summed E-state index contributed by atoms with van der Waals surface area (Å²) in [6, 6.07) is -0.0936. The van der Waals surface area contributed by atoms with Crippen LogP contribution in [0.4, 0.5) is 0 Å². The van der Waals surface area contributed by atoms with Crippen LogP contribution in [0, 0.1) is 0 Å². The Labute approximate surface area is 107 Å². The van der Waals surface area contributed by atoms with Gasteiger partial charge in [0.25, 0.3) is 0 Å². The van der Waals surface area contributed by atoms with Crippen molar-refractivity contribution in [2.75, 3.05) is 26.7 Å². The van der Waals surface area contributed by atoms with E-state index in [2.05, 4.69) is 32.0 Å². The maximum atomic E-state index is 11.8. The normalized spacial score (nSPS) is 20.9. The highest BCUT2D eigenvalue weighted by molar-refractivity contribution is 5.81. The van der Waals surface area contributed by atoms with Gasteiger partial charge in [-0.25, -0.2) is 4.98 Å².